The Bertz CT molecular complexity index is 1300. The van der Waals surface area contributed by atoms with Crippen LogP contribution in [0.5, 0.6) is 5.75 Å². The van der Waals surface area contributed by atoms with Crippen molar-refractivity contribution in [3.05, 3.63) is 112 Å². The fraction of sp³-hybridized carbons (Fsp3) is 0.125. The number of pyridine rings is 1. The van der Waals surface area contributed by atoms with Gasteiger partial charge in [0.15, 0.2) is 0 Å². The Balaban J connectivity index is 1.50. The molecule has 2 aromatic heterocycles. The molecule has 2 heterocycles. The van der Waals surface area contributed by atoms with Crippen molar-refractivity contribution < 1.29 is 17.5 Å². The molecule has 2 aromatic carbocycles. The molecule has 0 saturated carbocycles. The van der Waals surface area contributed by atoms with Crippen LogP contribution in [0.4, 0.5) is 4.39 Å². The molecule has 0 radical (unpaired) electrons. The smallest absolute Gasteiger partial charge is 0.253 e. The number of halogens is 2. The highest BCUT2D eigenvalue weighted by Crippen LogP contribution is 2.30. The Labute approximate surface area is 201 Å². The standard InChI is InChI=1S/C24H20ClFN2O3S2/c25-23-11-12-24(32-23)33(29,30)28(16-20-2-1-13-27-14-20)15-18-5-9-22(10-6-18)31-17-19-3-7-21(26)8-4-19/h1-14H,15-17H2. The molecule has 170 valence electrons. The number of hydrogen-bond donors (Lipinski definition) is 0. The van der Waals surface area contributed by atoms with E-state index in [1.165, 1.54) is 22.5 Å². The van der Waals surface area contributed by atoms with Gasteiger partial charge in [0, 0.05) is 25.5 Å². The summed E-state index contributed by atoms with van der Waals surface area (Å²) >= 11 is 7.01. The second-order valence-corrected chi connectivity index (χ2v) is 11.1. The first-order valence-electron chi connectivity index (χ1n) is 10.0. The van der Waals surface area contributed by atoms with Gasteiger partial charge in [0.1, 0.15) is 22.4 Å². The molecular weight excluding hydrogens is 483 g/mol. The molecule has 4 rings (SSSR count). The highest BCUT2D eigenvalue weighted by molar-refractivity contribution is 7.91. The molecule has 0 fully saturated rings. The van der Waals surface area contributed by atoms with Crippen molar-refractivity contribution in [2.75, 3.05) is 0 Å². The van der Waals surface area contributed by atoms with Crippen LogP contribution in [0.15, 0.2) is 89.4 Å². The molecule has 0 amide bonds. The molecular formula is C24H20ClFN2O3S2. The lowest BCUT2D eigenvalue weighted by Gasteiger charge is -2.21. The van der Waals surface area contributed by atoms with Crippen molar-refractivity contribution in [3.63, 3.8) is 0 Å². The predicted molar refractivity (Wildman–Crippen MR) is 127 cm³/mol. The lowest BCUT2D eigenvalue weighted by molar-refractivity contribution is 0.306. The number of aromatic nitrogens is 1. The van der Waals surface area contributed by atoms with Gasteiger partial charge in [0.25, 0.3) is 10.0 Å². The normalized spacial score (nSPS) is 11.6. The molecule has 0 spiro atoms. The number of rotatable bonds is 9. The van der Waals surface area contributed by atoms with E-state index in [0.29, 0.717) is 16.7 Å². The van der Waals surface area contributed by atoms with Gasteiger partial charge in [-0.05, 0) is 59.2 Å². The monoisotopic (exact) mass is 502 g/mol. The third-order valence-corrected chi connectivity index (χ3v) is 8.32. The van der Waals surface area contributed by atoms with E-state index in [1.54, 1.807) is 48.8 Å². The largest absolute Gasteiger partial charge is 0.489 e. The molecule has 0 bridgehead atoms. The Morgan fingerprint density at radius 2 is 1.61 bits per heavy atom. The molecule has 4 aromatic rings. The summed E-state index contributed by atoms with van der Waals surface area (Å²) in [7, 11) is -3.76. The molecule has 0 aliphatic rings. The maximum Gasteiger partial charge on any atom is 0.253 e. The van der Waals surface area contributed by atoms with Gasteiger partial charge in [-0.15, -0.1) is 11.3 Å². The molecule has 0 unspecified atom stereocenters. The van der Waals surface area contributed by atoms with Gasteiger partial charge in [0.2, 0.25) is 0 Å². The van der Waals surface area contributed by atoms with Crippen LogP contribution in [-0.2, 0) is 29.7 Å². The fourth-order valence-electron chi connectivity index (χ4n) is 3.13. The number of ether oxygens (including phenoxy) is 1. The summed E-state index contributed by atoms with van der Waals surface area (Å²) in [4.78, 5) is 4.09. The van der Waals surface area contributed by atoms with E-state index in [0.717, 1.165) is 28.0 Å². The number of thiophene rings is 1. The molecule has 33 heavy (non-hydrogen) atoms. The van der Waals surface area contributed by atoms with Crippen LogP contribution >= 0.6 is 22.9 Å². The molecule has 9 heteroatoms. The van der Waals surface area contributed by atoms with Crippen LogP contribution in [0.25, 0.3) is 0 Å². The first kappa shape index (κ1) is 23.4. The van der Waals surface area contributed by atoms with E-state index in [-0.39, 0.29) is 23.1 Å². The second-order valence-electron chi connectivity index (χ2n) is 7.25. The highest BCUT2D eigenvalue weighted by atomic mass is 35.5. The summed E-state index contributed by atoms with van der Waals surface area (Å²) in [5.74, 6) is 0.341. The number of hydrogen-bond acceptors (Lipinski definition) is 5. The minimum absolute atomic E-state index is 0.172. The summed E-state index contributed by atoms with van der Waals surface area (Å²) < 4.78 is 47.4. The lowest BCUT2D eigenvalue weighted by atomic mass is 10.2. The van der Waals surface area contributed by atoms with Gasteiger partial charge < -0.3 is 4.74 Å². The minimum Gasteiger partial charge on any atom is -0.489 e. The average molecular weight is 503 g/mol. The predicted octanol–water partition coefficient (Wildman–Crippen LogP) is 5.91. The van der Waals surface area contributed by atoms with Crippen molar-refractivity contribution in [2.24, 2.45) is 0 Å². The van der Waals surface area contributed by atoms with E-state index in [4.69, 9.17) is 16.3 Å². The highest BCUT2D eigenvalue weighted by Gasteiger charge is 2.26. The Hall–Kier alpha value is -2.78. The summed E-state index contributed by atoms with van der Waals surface area (Å²) in [6.45, 7) is 0.653. The fourth-order valence-corrected chi connectivity index (χ4v) is 6.18. The van der Waals surface area contributed by atoms with E-state index < -0.39 is 10.0 Å². The first-order valence-corrected chi connectivity index (χ1v) is 12.6. The zero-order chi connectivity index (χ0) is 23.3. The van der Waals surface area contributed by atoms with Crippen molar-refractivity contribution in [1.29, 1.82) is 0 Å². The first-order chi connectivity index (χ1) is 15.9. The third kappa shape index (κ3) is 6.17. The molecule has 0 aliphatic carbocycles. The van der Waals surface area contributed by atoms with Crippen molar-refractivity contribution in [3.8, 4) is 5.75 Å². The third-order valence-electron chi connectivity index (χ3n) is 4.83. The molecule has 0 N–H and O–H groups in total. The zero-order valence-corrected chi connectivity index (χ0v) is 19.8. The van der Waals surface area contributed by atoms with E-state index in [1.807, 2.05) is 18.2 Å². The Kier molecular flexibility index (Phi) is 7.39. The molecule has 0 aliphatic heterocycles. The number of sulfonamides is 1. The average Bonchev–Trinajstić information content (AvgIpc) is 3.27. The van der Waals surface area contributed by atoms with Gasteiger partial charge in [-0.25, -0.2) is 12.8 Å². The molecule has 0 saturated heterocycles. The van der Waals surface area contributed by atoms with Crippen LogP contribution in [0.1, 0.15) is 16.7 Å². The summed E-state index contributed by atoms with van der Waals surface area (Å²) in [6, 6.07) is 20.0. The van der Waals surface area contributed by atoms with Crippen molar-refractivity contribution >= 4 is 33.0 Å². The van der Waals surface area contributed by atoms with E-state index in [2.05, 4.69) is 4.98 Å². The maximum atomic E-state index is 13.3. The summed E-state index contributed by atoms with van der Waals surface area (Å²) in [5.41, 5.74) is 2.44. The van der Waals surface area contributed by atoms with Gasteiger partial charge in [0.05, 0.1) is 4.34 Å². The van der Waals surface area contributed by atoms with E-state index >= 15 is 0 Å². The van der Waals surface area contributed by atoms with Gasteiger partial charge in [-0.1, -0.05) is 41.9 Å². The second kappa shape index (κ2) is 10.4. The molecule has 5 nitrogen and oxygen atoms in total. The Morgan fingerprint density at radius 3 is 2.24 bits per heavy atom. The minimum atomic E-state index is -3.76. The van der Waals surface area contributed by atoms with Crippen LogP contribution in [0.2, 0.25) is 4.34 Å². The Morgan fingerprint density at radius 1 is 0.909 bits per heavy atom. The van der Waals surface area contributed by atoms with Crippen LogP contribution in [0.3, 0.4) is 0 Å². The summed E-state index contributed by atoms with van der Waals surface area (Å²) in [6.07, 6.45) is 3.29. The van der Waals surface area contributed by atoms with E-state index in [9.17, 15) is 12.8 Å². The number of benzene rings is 2. The van der Waals surface area contributed by atoms with Gasteiger partial charge in [-0.2, -0.15) is 4.31 Å². The van der Waals surface area contributed by atoms with Crippen LogP contribution in [-0.4, -0.2) is 17.7 Å². The molecule has 0 atom stereocenters. The maximum absolute atomic E-state index is 13.3. The van der Waals surface area contributed by atoms with Crippen molar-refractivity contribution in [2.45, 2.75) is 23.9 Å². The SMILES string of the molecule is O=S(=O)(c1ccc(Cl)s1)N(Cc1ccc(OCc2ccc(F)cc2)cc1)Cc1cccnc1. The topological polar surface area (TPSA) is 59.5 Å². The quantitative estimate of drug-likeness (QED) is 0.285. The van der Waals surface area contributed by atoms with Gasteiger partial charge in [-0.3, -0.25) is 4.98 Å². The van der Waals surface area contributed by atoms with Crippen LogP contribution in [0, 0.1) is 5.82 Å². The van der Waals surface area contributed by atoms with Crippen LogP contribution < -0.4 is 4.74 Å². The van der Waals surface area contributed by atoms with Gasteiger partial charge >= 0.3 is 0 Å². The number of nitrogens with zero attached hydrogens (tertiary/aromatic N) is 2. The summed E-state index contributed by atoms with van der Waals surface area (Å²) in [5, 5.41) is 0. The lowest BCUT2D eigenvalue weighted by Crippen LogP contribution is -2.29. The van der Waals surface area contributed by atoms with Crippen molar-refractivity contribution in [1.82, 2.24) is 9.29 Å². The zero-order valence-electron chi connectivity index (χ0n) is 17.4.